The summed E-state index contributed by atoms with van der Waals surface area (Å²) < 4.78 is 0. The summed E-state index contributed by atoms with van der Waals surface area (Å²) in [4.78, 5) is 22.9. The smallest absolute Gasteiger partial charge is 0.245 e. The lowest BCUT2D eigenvalue weighted by Crippen LogP contribution is -2.54. The van der Waals surface area contributed by atoms with Crippen molar-refractivity contribution in [1.29, 1.82) is 0 Å². The molecule has 2 aromatic carbocycles. The second-order valence-electron chi connectivity index (χ2n) is 9.93. The van der Waals surface area contributed by atoms with Crippen LogP contribution in [0.5, 0.6) is 0 Å². The SMILES string of the molecule is CC(C)(N)C1CCN(C(=O)C(Cc2ccccc2)N(Cc2ccccc2)c2ccccn2)CC1. The number of rotatable bonds is 8. The van der Waals surface area contributed by atoms with Gasteiger partial charge in [-0.05, 0) is 55.9 Å². The largest absolute Gasteiger partial charge is 0.341 e. The van der Waals surface area contributed by atoms with E-state index in [9.17, 15) is 4.79 Å². The molecular weight excluding hydrogens is 420 g/mol. The summed E-state index contributed by atoms with van der Waals surface area (Å²) >= 11 is 0. The summed E-state index contributed by atoms with van der Waals surface area (Å²) in [7, 11) is 0. The number of amides is 1. The molecular formula is C29H36N4O. The third kappa shape index (κ3) is 6.03. The number of piperidine rings is 1. The minimum Gasteiger partial charge on any atom is -0.341 e. The van der Waals surface area contributed by atoms with E-state index in [2.05, 4.69) is 48.0 Å². The average molecular weight is 457 g/mol. The molecule has 34 heavy (non-hydrogen) atoms. The van der Waals surface area contributed by atoms with Gasteiger partial charge < -0.3 is 15.5 Å². The van der Waals surface area contributed by atoms with Crippen molar-refractivity contribution in [2.75, 3.05) is 18.0 Å². The molecule has 0 radical (unpaired) electrons. The highest BCUT2D eigenvalue weighted by atomic mass is 16.2. The van der Waals surface area contributed by atoms with Crippen molar-refractivity contribution in [3.63, 3.8) is 0 Å². The maximum absolute atomic E-state index is 14.1. The maximum atomic E-state index is 14.1. The number of carbonyl (C=O) groups excluding carboxylic acids is 1. The number of pyridine rings is 1. The summed E-state index contributed by atoms with van der Waals surface area (Å²) in [6, 6.07) is 26.1. The Bertz CT molecular complexity index is 1030. The molecule has 2 heterocycles. The van der Waals surface area contributed by atoms with E-state index in [0.717, 1.165) is 42.9 Å². The van der Waals surface area contributed by atoms with Crippen molar-refractivity contribution in [2.24, 2.45) is 11.7 Å². The fourth-order valence-electron chi connectivity index (χ4n) is 4.88. The van der Waals surface area contributed by atoms with Crippen LogP contribution in [0.15, 0.2) is 85.1 Å². The van der Waals surface area contributed by atoms with Crippen molar-refractivity contribution in [1.82, 2.24) is 9.88 Å². The fourth-order valence-corrected chi connectivity index (χ4v) is 4.88. The van der Waals surface area contributed by atoms with Crippen LogP contribution in [0.25, 0.3) is 0 Å². The zero-order valence-electron chi connectivity index (χ0n) is 20.3. The summed E-state index contributed by atoms with van der Waals surface area (Å²) in [6.45, 7) is 6.30. The number of nitrogens with zero attached hydrogens (tertiary/aromatic N) is 3. The predicted octanol–water partition coefficient (Wildman–Crippen LogP) is 4.68. The Labute approximate surface area is 203 Å². The number of hydrogen-bond donors (Lipinski definition) is 1. The molecule has 1 aliphatic rings. The van der Waals surface area contributed by atoms with Crippen LogP contribution in [-0.4, -0.2) is 40.5 Å². The van der Waals surface area contributed by atoms with Gasteiger partial charge in [0.2, 0.25) is 5.91 Å². The van der Waals surface area contributed by atoms with Gasteiger partial charge in [-0.3, -0.25) is 4.79 Å². The van der Waals surface area contributed by atoms with Gasteiger partial charge in [0.25, 0.3) is 0 Å². The second kappa shape index (κ2) is 10.8. The number of aromatic nitrogens is 1. The Kier molecular flexibility index (Phi) is 7.63. The second-order valence-corrected chi connectivity index (χ2v) is 9.93. The van der Waals surface area contributed by atoms with Gasteiger partial charge in [-0.1, -0.05) is 66.7 Å². The molecule has 1 unspecified atom stereocenters. The first-order chi connectivity index (χ1) is 16.4. The molecule has 5 nitrogen and oxygen atoms in total. The molecule has 0 saturated carbocycles. The van der Waals surface area contributed by atoms with Crippen LogP contribution in [0.2, 0.25) is 0 Å². The van der Waals surface area contributed by atoms with Crippen molar-refractivity contribution < 1.29 is 4.79 Å². The van der Waals surface area contributed by atoms with Gasteiger partial charge in [-0.25, -0.2) is 4.98 Å². The Morgan fingerprint density at radius 2 is 1.56 bits per heavy atom. The maximum Gasteiger partial charge on any atom is 0.245 e. The van der Waals surface area contributed by atoms with Crippen molar-refractivity contribution in [3.8, 4) is 0 Å². The van der Waals surface area contributed by atoms with Crippen LogP contribution in [0.3, 0.4) is 0 Å². The molecule has 0 aliphatic carbocycles. The van der Waals surface area contributed by atoms with Crippen LogP contribution in [0.1, 0.15) is 37.8 Å². The molecule has 1 fully saturated rings. The highest BCUT2D eigenvalue weighted by Gasteiger charge is 2.35. The number of carbonyl (C=O) groups is 1. The van der Waals surface area contributed by atoms with E-state index < -0.39 is 0 Å². The van der Waals surface area contributed by atoms with E-state index in [4.69, 9.17) is 5.73 Å². The first-order valence-corrected chi connectivity index (χ1v) is 12.2. The van der Waals surface area contributed by atoms with E-state index in [1.165, 1.54) is 0 Å². The predicted molar refractivity (Wildman–Crippen MR) is 138 cm³/mol. The Morgan fingerprint density at radius 1 is 0.971 bits per heavy atom. The highest BCUT2D eigenvalue weighted by molar-refractivity contribution is 5.85. The molecule has 1 amide bonds. The lowest BCUT2D eigenvalue weighted by atomic mass is 9.81. The molecule has 1 saturated heterocycles. The van der Waals surface area contributed by atoms with E-state index >= 15 is 0 Å². The molecule has 3 aromatic rings. The molecule has 1 aromatic heterocycles. The lowest BCUT2D eigenvalue weighted by Gasteiger charge is -2.41. The zero-order valence-corrected chi connectivity index (χ0v) is 20.3. The van der Waals surface area contributed by atoms with Crippen LogP contribution >= 0.6 is 0 Å². The van der Waals surface area contributed by atoms with Crippen molar-refractivity contribution >= 4 is 11.7 Å². The number of hydrogen-bond acceptors (Lipinski definition) is 4. The minimum atomic E-state index is -0.347. The molecule has 0 bridgehead atoms. The van der Waals surface area contributed by atoms with Gasteiger partial charge in [0.05, 0.1) is 0 Å². The molecule has 5 heteroatoms. The molecule has 178 valence electrons. The number of nitrogens with two attached hydrogens (primary N) is 1. The van der Waals surface area contributed by atoms with Crippen LogP contribution in [0, 0.1) is 5.92 Å². The monoisotopic (exact) mass is 456 g/mol. The topological polar surface area (TPSA) is 62.5 Å². The van der Waals surface area contributed by atoms with Crippen LogP contribution in [-0.2, 0) is 17.8 Å². The Balaban J connectivity index is 1.64. The molecule has 1 atom stereocenters. The van der Waals surface area contributed by atoms with Crippen molar-refractivity contribution in [3.05, 3.63) is 96.2 Å². The van der Waals surface area contributed by atoms with Gasteiger partial charge >= 0.3 is 0 Å². The average Bonchev–Trinajstić information content (AvgIpc) is 2.87. The van der Waals surface area contributed by atoms with Crippen molar-refractivity contribution in [2.45, 2.75) is 51.2 Å². The Hall–Kier alpha value is -3.18. The number of benzene rings is 2. The lowest BCUT2D eigenvalue weighted by molar-refractivity contribution is -0.134. The third-order valence-corrected chi connectivity index (χ3v) is 6.93. The third-order valence-electron chi connectivity index (χ3n) is 6.93. The van der Waals surface area contributed by atoms with E-state index in [1.807, 2.05) is 59.5 Å². The first-order valence-electron chi connectivity index (χ1n) is 12.2. The molecule has 1 aliphatic heterocycles. The normalized spacial score (nSPS) is 15.7. The van der Waals surface area contributed by atoms with E-state index in [-0.39, 0.29) is 17.5 Å². The quantitative estimate of drug-likeness (QED) is 0.535. The van der Waals surface area contributed by atoms with Crippen LogP contribution < -0.4 is 10.6 Å². The highest BCUT2D eigenvalue weighted by Crippen LogP contribution is 2.28. The summed E-state index contributed by atoms with van der Waals surface area (Å²) in [5, 5.41) is 0. The number of anilines is 1. The van der Waals surface area contributed by atoms with E-state index in [0.29, 0.717) is 18.9 Å². The van der Waals surface area contributed by atoms with Gasteiger partial charge in [0, 0.05) is 37.8 Å². The molecule has 2 N–H and O–H groups in total. The molecule has 4 rings (SSSR count). The fraction of sp³-hybridized carbons (Fsp3) is 0.379. The van der Waals surface area contributed by atoms with Gasteiger partial charge in [0.1, 0.15) is 11.9 Å². The zero-order chi connectivity index (χ0) is 24.0. The van der Waals surface area contributed by atoms with E-state index in [1.54, 1.807) is 6.20 Å². The number of likely N-dealkylation sites (tertiary alicyclic amines) is 1. The minimum absolute atomic E-state index is 0.165. The molecule has 0 spiro atoms. The van der Waals surface area contributed by atoms with Gasteiger partial charge in [-0.15, -0.1) is 0 Å². The summed E-state index contributed by atoms with van der Waals surface area (Å²) in [6.07, 6.45) is 4.31. The van der Waals surface area contributed by atoms with Gasteiger partial charge in [-0.2, -0.15) is 0 Å². The standard InChI is InChI=1S/C29H36N4O/c1-29(2,30)25-16-19-32(20-17-25)28(34)26(21-23-11-5-3-6-12-23)33(27-15-9-10-18-31-27)22-24-13-7-4-8-14-24/h3-15,18,25-26H,16-17,19-22,30H2,1-2H3. The summed E-state index contributed by atoms with van der Waals surface area (Å²) in [5.41, 5.74) is 8.47. The van der Waals surface area contributed by atoms with Crippen LogP contribution in [0.4, 0.5) is 5.82 Å². The van der Waals surface area contributed by atoms with Gasteiger partial charge in [0.15, 0.2) is 0 Å². The first kappa shape index (κ1) is 24.0. The Morgan fingerprint density at radius 3 is 2.12 bits per heavy atom. The summed E-state index contributed by atoms with van der Waals surface area (Å²) in [5.74, 6) is 1.41.